The lowest BCUT2D eigenvalue weighted by Gasteiger charge is -2.18. The third-order valence-corrected chi connectivity index (χ3v) is 4.62. The second kappa shape index (κ2) is 7.38. The Labute approximate surface area is 153 Å². The number of methoxy groups -OCH3 is 2. The highest BCUT2D eigenvalue weighted by atomic mass is 16.6. The molecule has 0 N–H and O–H groups in total. The van der Waals surface area contributed by atoms with E-state index in [1.54, 1.807) is 19.2 Å². The summed E-state index contributed by atoms with van der Waals surface area (Å²) in [5.41, 5.74) is 2.04. The molecule has 0 bridgehead atoms. The minimum absolute atomic E-state index is 0.0587. The molecule has 2 aromatic carbocycles. The summed E-state index contributed by atoms with van der Waals surface area (Å²) in [6.07, 6.45) is 0.661. The summed E-state index contributed by atoms with van der Waals surface area (Å²) < 4.78 is 22.2. The first kappa shape index (κ1) is 18.3. The molecule has 1 saturated heterocycles. The van der Waals surface area contributed by atoms with E-state index in [-0.39, 0.29) is 11.7 Å². The Balaban J connectivity index is 1.96. The Morgan fingerprint density at radius 3 is 2.38 bits per heavy atom. The van der Waals surface area contributed by atoms with Crippen LogP contribution in [0.2, 0.25) is 0 Å². The zero-order valence-electron chi connectivity index (χ0n) is 15.6. The average Bonchev–Trinajstić information content (AvgIpc) is 3.26. The largest absolute Gasteiger partial charge is 0.496 e. The molecule has 1 aliphatic rings. The van der Waals surface area contributed by atoms with Crippen LogP contribution in [-0.4, -0.2) is 31.9 Å². The van der Waals surface area contributed by atoms with Crippen molar-refractivity contribution in [2.75, 3.05) is 14.2 Å². The number of benzene rings is 2. The van der Waals surface area contributed by atoms with Crippen LogP contribution in [0.3, 0.4) is 0 Å². The molecule has 0 saturated carbocycles. The monoisotopic (exact) mass is 356 g/mol. The fourth-order valence-corrected chi connectivity index (χ4v) is 2.97. The van der Waals surface area contributed by atoms with Crippen molar-refractivity contribution in [3.05, 3.63) is 59.2 Å². The summed E-state index contributed by atoms with van der Waals surface area (Å²) in [6, 6.07) is 13.3. The normalized spacial score (nSPS) is 17.5. The van der Waals surface area contributed by atoms with Gasteiger partial charge in [0.1, 0.15) is 23.7 Å². The van der Waals surface area contributed by atoms with Crippen molar-refractivity contribution in [1.82, 2.24) is 0 Å². The molecular weight excluding hydrogens is 332 g/mol. The highest BCUT2D eigenvalue weighted by molar-refractivity contribution is 5.93. The van der Waals surface area contributed by atoms with Crippen LogP contribution in [0.5, 0.6) is 11.5 Å². The molecule has 5 nitrogen and oxygen atoms in total. The molecule has 1 heterocycles. The maximum absolute atomic E-state index is 12.3. The summed E-state index contributed by atoms with van der Waals surface area (Å²) >= 11 is 0. The van der Waals surface area contributed by atoms with Gasteiger partial charge in [-0.25, -0.2) is 4.79 Å². The second-order valence-electron chi connectivity index (χ2n) is 6.80. The van der Waals surface area contributed by atoms with Crippen molar-refractivity contribution in [2.45, 2.75) is 38.6 Å². The van der Waals surface area contributed by atoms with Gasteiger partial charge in [-0.05, 0) is 31.5 Å². The zero-order chi connectivity index (χ0) is 18.7. The molecule has 3 rings (SSSR count). The van der Waals surface area contributed by atoms with Crippen molar-refractivity contribution >= 4 is 5.97 Å². The van der Waals surface area contributed by atoms with E-state index in [0.29, 0.717) is 30.1 Å². The van der Waals surface area contributed by atoms with Gasteiger partial charge in [-0.1, -0.05) is 30.3 Å². The second-order valence-corrected chi connectivity index (χ2v) is 6.80. The lowest BCUT2D eigenvalue weighted by Crippen LogP contribution is -2.12. The molecule has 26 heavy (non-hydrogen) atoms. The fraction of sp³-hybridized carbons (Fsp3) is 0.381. The van der Waals surface area contributed by atoms with Crippen molar-refractivity contribution in [3.63, 3.8) is 0 Å². The Morgan fingerprint density at radius 2 is 1.81 bits per heavy atom. The fourth-order valence-electron chi connectivity index (χ4n) is 2.97. The number of carbonyl (C=O) groups excluding carboxylic acids is 1. The molecule has 0 unspecified atom stereocenters. The Kier molecular flexibility index (Phi) is 5.18. The van der Waals surface area contributed by atoms with E-state index in [2.05, 4.69) is 0 Å². The van der Waals surface area contributed by atoms with Gasteiger partial charge in [-0.2, -0.15) is 0 Å². The van der Waals surface area contributed by atoms with E-state index < -0.39 is 5.97 Å². The van der Waals surface area contributed by atoms with Crippen LogP contribution in [-0.2, 0) is 22.5 Å². The third kappa shape index (κ3) is 3.83. The summed E-state index contributed by atoms with van der Waals surface area (Å²) in [5.74, 6) is 0.728. The highest BCUT2D eigenvalue weighted by Gasteiger charge is 2.48. The molecule has 1 atom stereocenters. The van der Waals surface area contributed by atoms with E-state index in [9.17, 15) is 4.79 Å². The molecule has 2 aromatic rings. The van der Waals surface area contributed by atoms with Crippen molar-refractivity contribution in [1.29, 1.82) is 0 Å². The van der Waals surface area contributed by atoms with Crippen molar-refractivity contribution in [2.24, 2.45) is 0 Å². The van der Waals surface area contributed by atoms with Crippen LogP contribution in [0, 0.1) is 0 Å². The van der Waals surface area contributed by atoms with E-state index in [1.165, 1.54) is 7.11 Å². The molecule has 5 heteroatoms. The minimum Gasteiger partial charge on any atom is -0.496 e. The number of rotatable bonds is 7. The van der Waals surface area contributed by atoms with Gasteiger partial charge in [0, 0.05) is 12.0 Å². The molecule has 0 spiro atoms. The zero-order valence-corrected chi connectivity index (χ0v) is 15.6. The predicted molar refractivity (Wildman–Crippen MR) is 97.8 cm³/mol. The van der Waals surface area contributed by atoms with Crippen LogP contribution in [0.15, 0.2) is 42.5 Å². The van der Waals surface area contributed by atoms with E-state index in [4.69, 9.17) is 18.9 Å². The number of hydrogen-bond donors (Lipinski definition) is 0. The number of esters is 1. The van der Waals surface area contributed by atoms with Gasteiger partial charge >= 0.3 is 5.97 Å². The molecule has 0 aliphatic carbocycles. The number of carbonyl (C=O) groups is 1. The van der Waals surface area contributed by atoms with Crippen LogP contribution < -0.4 is 9.47 Å². The molecule has 1 fully saturated rings. The minimum atomic E-state index is -0.437. The smallest absolute Gasteiger partial charge is 0.341 e. The van der Waals surface area contributed by atoms with E-state index in [1.807, 2.05) is 44.2 Å². The van der Waals surface area contributed by atoms with Gasteiger partial charge in [-0.3, -0.25) is 0 Å². The lowest BCUT2D eigenvalue weighted by atomic mass is 9.98. The molecular formula is C21H24O5. The predicted octanol–water partition coefficient (Wildman–Crippen LogP) is 3.78. The summed E-state index contributed by atoms with van der Waals surface area (Å²) in [4.78, 5) is 12.3. The van der Waals surface area contributed by atoms with Gasteiger partial charge < -0.3 is 18.9 Å². The maximum atomic E-state index is 12.3. The lowest BCUT2D eigenvalue weighted by molar-refractivity contribution is 0.0595. The van der Waals surface area contributed by atoms with Gasteiger partial charge in [-0.15, -0.1) is 0 Å². The van der Waals surface area contributed by atoms with E-state index in [0.717, 1.165) is 11.1 Å². The molecule has 1 aliphatic heterocycles. The van der Waals surface area contributed by atoms with Crippen LogP contribution in [0.25, 0.3) is 0 Å². The molecule has 0 aromatic heterocycles. The van der Waals surface area contributed by atoms with Crippen molar-refractivity contribution in [3.8, 4) is 11.5 Å². The summed E-state index contributed by atoms with van der Waals surface area (Å²) in [6.45, 7) is 4.43. The van der Waals surface area contributed by atoms with Gasteiger partial charge in [0.25, 0.3) is 0 Å². The van der Waals surface area contributed by atoms with Crippen LogP contribution in [0.4, 0.5) is 0 Å². The first-order chi connectivity index (χ1) is 12.5. The highest BCUT2D eigenvalue weighted by Crippen LogP contribution is 2.43. The first-order valence-electron chi connectivity index (χ1n) is 8.59. The summed E-state index contributed by atoms with van der Waals surface area (Å²) in [7, 11) is 2.97. The van der Waals surface area contributed by atoms with Gasteiger partial charge in [0.05, 0.1) is 25.9 Å². The number of ether oxygens (including phenoxy) is 4. The molecule has 0 amide bonds. The molecule has 138 valence electrons. The Bertz CT molecular complexity index is 782. The maximum Gasteiger partial charge on any atom is 0.341 e. The third-order valence-electron chi connectivity index (χ3n) is 4.62. The first-order valence-corrected chi connectivity index (χ1v) is 8.59. The SMILES string of the molecule is COC(=O)c1ccc(OC)c(C[C@H]2OC2(C)C)c1OCc1ccccc1. The Hall–Kier alpha value is -2.53. The van der Waals surface area contributed by atoms with Gasteiger partial charge in [0.2, 0.25) is 0 Å². The van der Waals surface area contributed by atoms with Crippen molar-refractivity contribution < 1.29 is 23.7 Å². The number of epoxide rings is 1. The average molecular weight is 356 g/mol. The van der Waals surface area contributed by atoms with Crippen LogP contribution in [0.1, 0.15) is 35.3 Å². The van der Waals surface area contributed by atoms with Gasteiger partial charge in [0.15, 0.2) is 0 Å². The standard InChI is InChI=1S/C21H24O5/c1-21(2)18(26-21)12-16-17(23-3)11-10-15(20(22)24-4)19(16)25-13-14-8-6-5-7-9-14/h5-11,18H,12-13H2,1-4H3/t18-/m1/s1. The summed E-state index contributed by atoms with van der Waals surface area (Å²) in [5, 5.41) is 0. The number of hydrogen-bond acceptors (Lipinski definition) is 5. The Morgan fingerprint density at radius 1 is 1.12 bits per heavy atom. The quantitative estimate of drug-likeness (QED) is 0.558. The van der Waals surface area contributed by atoms with E-state index >= 15 is 0 Å². The topological polar surface area (TPSA) is 57.3 Å². The van der Waals surface area contributed by atoms with Crippen LogP contribution >= 0.6 is 0 Å². The molecule has 0 radical (unpaired) electrons.